The van der Waals surface area contributed by atoms with Gasteiger partial charge in [0.2, 0.25) is 11.8 Å². The van der Waals surface area contributed by atoms with E-state index in [4.69, 9.17) is 4.74 Å². The Balaban J connectivity index is 1.90. The van der Waals surface area contributed by atoms with E-state index in [2.05, 4.69) is 35.2 Å². The van der Waals surface area contributed by atoms with Crippen molar-refractivity contribution in [2.24, 2.45) is 0 Å². The molecule has 0 saturated heterocycles. The topological polar surface area (TPSA) is 47.0 Å². The molecule has 1 aliphatic rings. The molecule has 2 aromatic heterocycles. The third-order valence-corrected chi connectivity index (χ3v) is 4.84. The summed E-state index contributed by atoms with van der Waals surface area (Å²) in [4.78, 5) is 11.4. The average molecular weight is 305 g/mol. The Morgan fingerprint density at radius 1 is 1.24 bits per heavy atom. The molecule has 0 spiro atoms. The third-order valence-electron chi connectivity index (χ3n) is 3.90. The molecular formula is C16H23N3OS. The lowest BCUT2D eigenvalue weighted by Crippen LogP contribution is -2.16. The molecule has 0 aromatic carbocycles. The largest absolute Gasteiger partial charge is 0.474 e. The summed E-state index contributed by atoms with van der Waals surface area (Å²) in [6.07, 6.45) is 7.79. The number of hydrogen-bond donors (Lipinski definition) is 1. The van der Waals surface area contributed by atoms with E-state index in [1.54, 1.807) is 11.3 Å². The lowest BCUT2D eigenvalue weighted by Gasteiger charge is -2.17. The molecule has 1 aliphatic carbocycles. The maximum Gasteiger partial charge on any atom is 0.227 e. The second-order valence-corrected chi connectivity index (χ2v) is 6.92. The molecule has 1 fully saturated rings. The van der Waals surface area contributed by atoms with Gasteiger partial charge in [-0.15, -0.1) is 11.3 Å². The smallest absolute Gasteiger partial charge is 0.227 e. The van der Waals surface area contributed by atoms with Crippen LogP contribution in [0.4, 0.5) is 5.95 Å². The molecule has 0 amide bonds. The van der Waals surface area contributed by atoms with Gasteiger partial charge in [0.05, 0.1) is 5.39 Å². The average Bonchev–Trinajstić information content (AvgIpc) is 2.67. The number of nitrogens with one attached hydrogen (secondary N) is 1. The van der Waals surface area contributed by atoms with Crippen LogP contribution in [0.25, 0.3) is 10.2 Å². The summed E-state index contributed by atoms with van der Waals surface area (Å²) in [5.74, 6) is 1.43. The van der Waals surface area contributed by atoms with Crippen LogP contribution in [0.2, 0.25) is 0 Å². The van der Waals surface area contributed by atoms with Crippen LogP contribution in [-0.2, 0) is 0 Å². The monoisotopic (exact) mass is 305 g/mol. The minimum absolute atomic E-state index is 0.306. The van der Waals surface area contributed by atoms with Gasteiger partial charge in [0.1, 0.15) is 10.9 Å². The van der Waals surface area contributed by atoms with Crippen molar-refractivity contribution in [1.82, 2.24) is 9.97 Å². The molecule has 1 saturated carbocycles. The van der Waals surface area contributed by atoms with Crippen LogP contribution in [0, 0.1) is 6.92 Å². The standard InChI is InChI=1S/C16H23N3OS/c1-3-17-16-18-14(13-10-11(2)21-15(13)19-16)20-12-8-6-4-5-7-9-12/h10,12H,3-9H2,1-2H3,(H,17,18,19). The Kier molecular flexibility index (Phi) is 4.58. The first-order valence-electron chi connectivity index (χ1n) is 7.95. The highest BCUT2D eigenvalue weighted by molar-refractivity contribution is 7.18. The first-order chi connectivity index (χ1) is 10.3. The van der Waals surface area contributed by atoms with Gasteiger partial charge in [0, 0.05) is 11.4 Å². The van der Waals surface area contributed by atoms with Crippen molar-refractivity contribution in [1.29, 1.82) is 0 Å². The van der Waals surface area contributed by atoms with Crippen molar-refractivity contribution < 1.29 is 4.74 Å². The normalized spacial score (nSPS) is 16.9. The molecule has 4 nitrogen and oxygen atoms in total. The van der Waals surface area contributed by atoms with Gasteiger partial charge in [0.25, 0.3) is 0 Å². The fraction of sp³-hybridized carbons (Fsp3) is 0.625. The van der Waals surface area contributed by atoms with Gasteiger partial charge < -0.3 is 10.1 Å². The number of rotatable bonds is 4. The van der Waals surface area contributed by atoms with Crippen LogP contribution in [0.3, 0.4) is 0 Å². The van der Waals surface area contributed by atoms with Gasteiger partial charge in [-0.25, -0.2) is 4.98 Å². The number of aromatic nitrogens is 2. The minimum Gasteiger partial charge on any atom is -0.474 e. The van der Waals surface area contributed by atoms with E-state index in [-0.39, 0.29) is 0 Å². The third kappa shape index (κ3) is 3.46. The predicted molar refractivity (Wildman–Crippen MR) is 88.4 cm³/mol. The summed E-state index contributed by atoms with van der Waals surface area (Å²) in [6.45, 7) is 4.98. The zero-order valence-electron chi connectivity index (χ0n) is 12.8. The van der Waals surface area contributed by atoms with E-state index < -0.39 is 0 Å². The maximum atomic E-state index is 6.26. The number of aryl methyl sites for hydroxylation is 1. The molecule has 5 heteroatoms. The van der Waals surface area contributed by atoms with Gasteiger partial charge in [-0.2, -0.15) is 4.98 Å². The number of thiophene rings is 1. The molecule has 0 atom stereocenters. The molecule has 3 rings (SSSR count). The SMILES string of the molecule is CCNc1nc(OC2CCCCCC2)c2cc(C)sc2n1. The summed E-state index contributed by atoms with van der Waals surface area (Å²) in [5, 5.41) is 4.26. The zero-order valence-corrected chi connectivity index (χ0v) is 13.6. The fourth-order valence-electron chi connectivity index (χ4n) is 2.86. The van der Waals surface area contributed by atoms with Gasteiger partial charge in [-0.1, -0.05) is 12.8 Å². The van der Waals surface area contributed by atoms with Crippen LogP contribution in [-0.4, -0.2) is 22.6 Å². The molecule has 0 aliphatic heterocycles. The molecule has 2 heterocycles. The Morgan fingerprint density at radius 2 is 2.00 bits per heavy atom. The van der Waals surface area contributed by atoms with E-state index >= 15 is 0 Å². The van der Waals surface area contributed by atoms with Gasteiger partial charge in [-0.3, -0.25) is 0 Å². The lowest BCUT2D eigenvalue weighted by atomic mass is 10.1. The summed E-state index contributed by atoms with van der Waals surface area (Å²) in [7, 11) is 0. The van der Waals surface area contributed by atoms with E-state index in [0.717, 1.165) is 35.5 Å². The van der Waals surface area contributed by atoms with Gasteiger partial charge in [-0.05, 0) is 45.6 Å². The molecular weight excluding hydrogens is 282 g/mol. The van der Waals surface area contributed by atoms with Crippen molar-refractivity contribution >= 4 is 27.5 Å². The van der Waals surface area contributed by atoms with Crippen LogP contribution in [0.5, 0.6) is 5.88 Å². The number of ether oxygens (including phenoxy) is 1. The van der Waals surface area contributed by atoms with Crippen molar-refractivity contribution in [3.8, 4) is 5.88 Å². The van der Waals surface area contributed by atoms with Gasteiger partial charge in [0.15, 0.2) is 0 Å². The van der Waals surface area contributed by atoms with E-state index in [1.165, 1.54) is 30.6 Å². The van der Waals surface area contributed by atoms with E-state index in [1.807, 2.05) is 0 Å². The van der Waals surface area contributed by atoms with Crippen LogP contribution in [0.15, 0.2) is 6.07 Å². The summed E-state index contributed by atoms with van der Waals surface area (Å²) in [5.41, 5.74) is 0. The van der Waals surface area contributed by atoms with Gasteiger partial charge >= 0.3 is 0 Å². The Bertz CT molecular complexity index is 603. The summed E-state index contributed by atoms with van der Waals surface area (Å²) >= 11 is 1.70. The first-order valence-corrected chi connectivity index (χ1v) is 8.76. The number of nitrogens with zero attached hydrogens (tertiary/aromatic N) is 2. The van der Waals surface area contributed by atoms with Crippen molar-refractivity contribution in [3.05, 3.63) is 10.9 Å². The molecule has 2 aromatic rings. The number of anilines is 1. The van der Waals surface area contributed by atoms with Crippen LogP contribution in [0.1, 0.15) is 50.3 Å². The Labute approximate surface area is 129 Å². The van der Waals surface area contributed by atoms with Crippen LogP contribution < -0.4 is 10.1 Å². The second kappa shape index (κ2) is 6.60. The Morgan fingerprint density at radius 3 is 2.71 bits per heavy atom. The molecule has 0 bridgehead atoms. The molecule has 0 unspecified atom stereocenters. The summed E-state index contributed by atoms with van der Waals surface area (Å²) in [6, 6.07) is 2.14. The minimum atomic E-state index is 0.306. The molecule has 114 valence electrons. The predicted octanol–water partition coefficient (Wildman–Crippen LogP) is 4.53. The highest BCUT2D eigenvalue weighted by Gasteiger charge is 2.18. The molecule has 21 heavy (non-hydrogen) atoms. The lowest BCUT2D eigenvalue weighted by molar-refractivity contribution is 0.179. The fourth-order valence-corrected chi connectivity index (χ4v) is 3.73. The van der Waals surface area contributed by atoms with Crippen molar-refractivity contribution in [2.75, 3.05) is 11.9 Å². The highest BCUT2D eigenvalue weighted by Crippen LogP contribution is 2.33. The zero-order chi connectivity index (χ0) is 14.7. The first kappa shape index (κ1) is 14.6. The van der Waals surface area contributed by atoms with Crippen LogP contribution >= 0.6 is 11.3 Å². The van der Waals surface area contributed by atoms with Crippen molar-refractivity contribution in [2.45, 2.75) is 58.5 Å². The molecule has 1 N–H and O–H groups in total. The van der Waals surface area contributed by atoms with E-state index in [0.29, 0.717) is 12.1 Å². The quantitative estimate of drug-likeness (QED) is 0.843. The number of fused-ring (bicyclic) bond motifs is 1. The maximum absolute atomic E-state index is 6.26. The Hall–Kier alpha value is -1.36. The highest BCUT2D eigenvalue weighted by atomic mass is 32.1. The second-order valence-electron chi connectivity index (χ2n) is 5.69. The van der Waals surface area contributed by atoms with E-state index in [9.17, 15) is 0 Å². The molecule has 0 radical (unpaired) electrons. The summed E-state index contributed by atoms with van der Waals surface area (Å²) < 4.78 is 6.26. The number of hydrogen-bond acceptors (Lipinski definition) is 5. The van der Waals surface area contributed by atoms with Crippen molar-refractivity contribution in [3.63, 3.8) is 0 Å².